The van der Waals surface area contributed by atoms with Crippen LogP contribution in [-0.4, -0.2) is 32.9 Å². The van der Waals surface area contributed by atoms with E-state index in [0.717, 1.165) is 23.3 Å². The molecule has 7 heteroatoms. The highest BCUT2D eigenvalue weighted by atomic mass is 16.5. The van der Waals surface area contributed by atoms with Crippen LogP contribution in [0.2, 0.25) is 0 Å². The molecule has 0 saturated heterocycles. The third-order valence-electron chi connectivity index (χ3n) is 4.48. The van der Waals surface area contributed by atoms with Crippen LogP contribution in [0.25, 0.3) is 0 Å². The first-order chi connectivity index (χ1) is 13.6. The molecule has 0 aliphatic rings. The summed E-state index contributed by atoms with van der Waals surface area (Å²) in [5.74, 6) is 0.448. The average molecular weight is 380 g/mol. The summed E-state index contributed by atoms with van der Waals surface area (Å²) >= 11 is 0. The van der Waals surface area contributed by atoms with Gasteiger partial charge >= 0.3 is 0 Å². The van der Waals surface area contributed by atoms with Gasteiger partial charge in [-0.15, -0.1) is 5.10 Å². The third-order valence-corrected chi connectivity index (χ3v) is 4.48. The molecule has 0 fully saturated rings. The first kappa shape index (κ1) is 19.6. The molecule has 146 valence electrons. The van der Waals surface area contributed by atoms with Crippen molar-refractivity contribution in [3.63, 3.8) is 0 Å². The number of ether oxygens (including phenoxy) is 1. The third kappa shape index (κ3) is 4.95. The summed E-state index contributed by atoms with van der Waals surface area (Å²) in [6.07, 6.45) is 1.66. The molecule has 0 bridgehead atoms. The van der Waals surface area contributed by atoms with Gasteiger partial charge in [-0.2, -0.15) is 0 Å². The maximum atomic E-state index is 12.3. The Hall–Kier alpha value is -3.19. The number of carbonyl (C=O) groups excluding carboxylic acids is 1. The van der Waals surface area contributed by atoms with Crippen LogP contribution in [0.4, 0.5) is 0 Å². The maximum Gasteiger partial charge on any atom is 0.291 e. The van der Waals surface area contributed by atoms with Crippen LogP contribution < -0.4 is 10.1 Å². The highest BCUT2D eigenvalue weighted by molar-refractivity contribution is 5.90. The van der Waals surface area contributed by atoms with E-state index in [-0.39, 0.29) is 18.3 Å². The van der Waals surface area contributed by atoms with Gasteiger partial charge in [0.25, 0.3) is 5.91 Å². The summed E-state index contributed by atoms with van der Waals surface area (Å²) in [5.41, 5.74) is 3.00. The Morgan fingerprint density at radius 2 is 1.82 bits per heavy atom. The number of amides is 1. The van der Waals surface area contributed by atoms with Gasteiger partial charge in [0.1, 0.15) is 12.1 Å². The summed E-state index contributed by atoms with van der Waals surface area (Å²) in [7, 11) is 1.59. The number of hydrogen-bond donors (Lipinski definition) is 2. The predicted molar refractivity (Wildman–Crippen MR) is 105 cm³/mol. The summed E-state index contributed by atoms with van der Waals surface area (Å²) in [5, 5.41) is 17.3. The molecule has 2 aromatic carbocycles. The molecule has 1 atom stereocenters. The van der Waals surface area contributed by atoms with Crippen LogP contribution in [0.1, 0.15) is 40.3 Å². The fourth-order valence-electron chi connectivity index (χ4n) is 2.75. The van der Waals surface area contributed by atoms with Gasteiger partial charge in [0, 0.05) is 6.54 Å². The minimum atomic E-state index is -0.763. The zero-order valence-electron chi connectivity index (χ0n) is 16.0. The first-order valence-corrected chi connectivity index (χ1v) is 9.16. The van der Waals surface area contributed by atoms with E-state index >= 15 is 0 Å². The molecule has 1 heterocycles. The smallest absolute Gasteiger partial charge is 0.291 e. The number of hydrogen-bond acceptors (Lipinski definition) is 5. The zero-order chi connectivity index (χ0) is 19.9. The number of nitrogens with zero attached hydrogens (tertiary/aromatic N) is 3. The molecule has 3 rings (SSSR count). The molecule has 7 nitrogen and oxygen atoms in total. The monoisotopic (exact) mass is 380 g/mol. The van der Waals surface area contributed by atoms with Gasteiger partial charge in [-0.25, -0.2) is 9.67 Å². The number of aliphatic hydroxyl groups is 1. The molecule has 0 aliphatic carbocycles. The van der Waals surface area contributed by atoms with Crippen LogP contribution >= 0.6 is 0 Å². The quantitative estimate of drug-likeness (QED) is 0.627. The number of rotatable bonds is 8. The van der Waals surface area contributed by atoms with Crippen molar-refractivity contribution in [2.45, 2.75) is 32.5 Å². The Kier molecular flexibility index (Phi) is 6.39. The SMILES string of the molecule is CCc1ccc(CNC(=O)c2ncn(CC(O)c3ccc(OC)cc3)n2)cc1. The number of benzene rings is 2. The number of methoxy groups -OCH3 is 1. The molecular formula is C21H24N4O3. The largest absolute Gasteiger partial charge is 0.497 e. The molecule has 1 amide bonds. The number of carbonyl (C=O) groups is 1. The first-order valence-electron chi connectivity index (χ1n) is 9.16. The van der Waals surface area contributed by atoms with Crippen molar-refractivity contribution in [1.82, 2.24) is 20.1 Å². The van der Waals surface area contributed by atoms with E-state index in [2.05, 4.69) is 34.5 Å². The van der Waals surface area contributed by atoms with Gasteiger partial charge in [0.2, 0.25) is 5.82 Å². The van der Waals surface area contributed by atoms with Crippen LogP contribution in [-0.2, 0) is 19.5 Å². The standard InChI is InChI=1S/C21H24N4O3/c1-3-15-4-6-16(7-5-15)12-22-21(27)20-23-14-25(24-20)13-19(26)17-8-10-18(28-2)11-9-17/h4-11,14,19,26H,3,12-13H2,1-2H3,(H,22,27). The summed E-state index contributed by atoms with van der Waals surface area (Å²) < 4.78 is 6.57. The van der Waals surface area contributed by atoms with E-state index in [9.17, 15) is 9.90 Å². The molecule has 1 aromatic heterocycles. The fourth-order valence-corrected chi connectivity index (χ4v) is 2.75. The van der Waals surface area contributed by atoms with Gasteiger partial charge in [0.15, 0.2) is 0 Å². The highest BCUT2D eigenvalue weighted by Crippen LogP contribution is 2.18. The van der Waals surface area contributed by atoms with E-state index in [1.807, 2.05) is 12.1 Å². The Balaban J connectivity index is 1.55. The molecule has 2 N–H and O–H groups in total. The normalized spacial score (nSPS) is 11.8. The Labute approximate surface area is 164 Å². The lowest BCUT2D eigenvalue weighted by Gasteiger charge is -2.11. The van der Waals surface area contributed by atoms with Crippen LogP contribution in [0.15, 0.2) is 54.9 Å². The summed E-state index contributed by atoms with van der Waals surface area (Å²) in [6, 6.07) is 15.2. The fraction of sp³-hybridized carbons (Fsp3) is 0.286. The topological polar surface area (TPSA) is 89.3 Å². The number of nitrogens with one attached hydrogen (secondary N) is 1. The second-order valence-electron chi connectivity index (χ2n) is 6.43. The van der Waals surface area contributed by atoms with E-state index in [1.54, 1.807) is 31.4 Å². The maximum absolute atomic E-state index is 12.3. The molecule has 0 aliphatic heterocycles. The van der Waals surface area contributed by atoms with E-state index in [1.165, 1.54) is 16.6 Å². The second kappa shape index (κ2) is 9.14. The van der Waals surface area contributed by atoms with E-state index in [0.29, 0.717) is 6.54 Å². The lowest BCUT2D eigenvalue weighted by molar-refractivity contribution is 0.0938. The van der Waals surface area contributed by atoms with E-state index < -0.39 is 6.10 Å². The average Bonchev–Trinajstić information content (AvgIpc) is 3.21. The minimum absolute atomic E-state index is 0.0760. The van der Waals surface area contributed by atoms with Crippen molar-refractivity contribution in [1.29, 1.82) is 0 Å². The predicted octanol–water partition coefficient (Wildman–Crippen LogP) is 2.51. The molecule has 0 spiro atoms. The summed E-state index contributed by atoms with van der Waals surface area (Å²) in [6.45, 7) is 2.71. The number of aryl methyl sites for hydroxylation is 1. The van der Waals surface area contributed by atoms with Crippen molar-refractivity contribution in [2.24, 2.45) is 0 Å². The van der Waals surface area contributed by atoms with Gasteiger partial charge in [-0.3, -0.25) is 4.79 Å². The van der Waals surface area contributed by atoms with Crippen molar-refractivity contribution < 1.29 is 14.6 Å². The highest BCUT2D eigenvalue weighted by Gasteiger charge is 2.14. The van der Waals surface area contributed by atoms with Crippen molar-refractivity contribution in [3.8, 4) is 5.75 Å². The van der Waals surface area contributed by atoms with Crippen LogP contribution in [0.3, 0.4) is 0 Å². The molecule has 28 heavy (non-hydrogen) atoms. The van der Waals surface area contributed by atoms with Crippen molar-refractivity contribution >= 4 is 5.91 Å². The van der Waals surface area contributed by atoms with Crippen LogP contribution in [0.5, 0.6) is 5.75 Å². The number of aliphatic hydroxyl groups excluding tert-OH is 1. The second-order valence-corrected chi connectivity index (χ2v) is 6.43. The van der Waals surface area contributed by atoms with Gasteiger partial charge < -0.3 is 15.2 Å². The molecular weight excluding hydrogens is 356 g/mol. The Morgan fingerprint density at radius 3 is 2.46 bits per heavy atom. The van der Waals surface area contributed by atoms with Gasteiger partial charge in [-0.05, 0) is 35.2 Å². The Bertz CT molecular complexity index is 904. The lowest BCUT2D eigenvalue weighted by atomic mass is 10.1. The van der Waals surface area contributed by atoms with E-state index in [4.69, 9.17) is 4.74 Å². The molecule has 3 aromatic rings. The Morgan fingerprint density at radius 1 is 1.14 bits per heavy atom. The summed E-state index contributed by atoms with van der Waals surface area (Å²) in [4.78, 5) is 16.3. The zero-order valence-corrected chi connectivity index (χ0v) is 16.0. The number of aromatic nitrogens is 3. The lowest BCUT2D eigenvalue weighted by Crippen LogP contribution is -2.24. The van der Waals surface area contributed by atoms with Crippen molar-refractivity contribution in [2.75, 3.05) is 7.11 Å². The van der Waals surface area contributed by atoms with Crippen LogP contribution in [0, 0.1) is 0 Å². The molecule has 1 unspecified atom stereocenters. The minimum Gasteiger partial charge on any atom is -0.497 e. The molecule has 0 radical (unpaired) electrons. The van der Waals surface area contributed by atoms with Crippen molar-refractivity contribution in [3.05, 3.63) is 77.4 Å². The van der Waals surface area contributed by atoms with Gasteiger partial charge in [0.05, 0.1) is 19.8 Å². The van der Waals surface area contributed by atoms with Gasteiger partial charge in [-0.1, -0.05) is 43.3 Å². The molecule has 0 saturated carbocycles.